The highest BCUT2D eigenvalue weighted by molar-refractivity contribution is 5.30. The number of aromatic nitrogens is 4. The Morgan fingerprint density at radius 2 is 2.06 bits per heavy atom. The zero-order chi connectivity index (χ0) is 13.1. The Hall–Kier alpha value is -2.15. The van der Waals surface area contributed by atoms with Gasteiger partial charge >= 0.3 is 0 Å². The Morgan fingerprint density at radius 3 is 2.61 bits per heavy atom. The summed E-state index contributed by atoms with van der Waals surface area (Å²) >= 11 is 0. The summed E-state index contributed by atoms with van der Waals surface area (Å²) in [6.45, 7) is 0. The lowest BCUT2D eigenvalue weighted by molar-refractivity contribution is 0.206. The Labute approximate surface area is 104 Å². The van der Waals surface area contributed by atoms with Crippen molar-refractivity contribution in [2.24, 2.45) is 7.05 Å². The number of hydrogen-bond donors (Lipinski definition) is 1. The highest BCUT2D eigenvalue weighted by Crippen LogP contribution is 2.27. The van der Waals surface area contributed by atoms with Crippen LogP contribution in [0.4, 0.5) is 0 Å². The molecule has 0 aliphatic rings. The molecule has 0 amide bonds. The summed E-state index contributed by atoms with van der Waals surface area (Å²) in [7, 11) is 4.72. The van der Waals surface area contributed by atoms with Gasteiger partial charge in [0.1, 0.15) is 11.8 Å². The van der Waals surface area contributed by atoms with Gasteiger partial charge in [0.2, 0.25) is 11.8 Å². The van der Waals surface area contributed by atoms with Crippen molar-refractivity contribution < 1.29 is 14.6 Å². The van der Waals surface area contributed by atoms with Crippen LogP contribution in [-0.4, -0.2) is 39.1 Å². The van der Waals surface area contributed by atoms with Crippen molar-refractivity contribution in [3.05, 3.63) is 29.8 Å². The van der Waals surface area contributed by atoms with Crippen LogP contribution in [0.3, 0.4) is 0 Å². The van der Waals surface area contributed by atoms with Gasteiger partial charge in [-0.3, -0.25) is 4.68 Å². The molecule has 0 fully saturated rings. The minimum Gasteiger partial charge on any atom is -0.480 e. The molecule has 0 aliphatic heterocycles. The molecule has 2 rings (SSSR count). The van der Waals surface area contributed by atoms with Gasteiger partial charge in [-0.05, 0) is 0 Å². The molecule has 2 aromatic heterocycles. The van der Waals surface area contributed by atoms with E-state index in [0.717, 1.165) is 0 Å². The number of ether oxygens (including phenoxy) is 2. The molecule has 0 aromatic carbocycles. The van der Waals surface area contributed by atoms with E-state index in [1.165, 1.54) is 20.4 Å². The Kier molecular flexibility index (Phi) is 3.42. The van der Waals surface area contributed by atoms with E-state index in [9.17, 15) is 5.11 Å². The van der Waals surface area contributed by atoms with Gasteiger partial charge in [-0.1, -0.05) is 0 Å². The number of aliphatic hydroxyl groups excluding tert-OH is 1. The third-order valence-electron chi connectivity index (χ3n) is 2.45. The van der Waals surface area contributed by atoms with E-state index in [1.807, 2.05) is 0 Å². The van der Waals surface area contributed by atoms with Gasteiger partial charge in [0.25, 0.3) is 0 Å². The smallest absolute Gasteiger partial charge is 0.241 e. The van der Waals surface area contributed by atoms with E-state index in [0.29, 0.717) is 17.1 Å². The van der Waals surface area contributed by atoms with E-state index < -0.39 is 6.10 Å². The molecule has 96 valence electrons. The van der Waals surface area contributed by atoms with E-state index >= 15 is 0 Å². The molecular formula is C11H14N4O3. The van der Waals surface area contributed by atoms with Crippen molar-refractivity contribution in [1.82, 2.24) is 19.7 Å². The largest absolute Gasteiger partial charge is 0.480 e. The topological polar surface area (TPSA) is 82.3 Å². The molecule has 18 heavy (non-hydrogen) atoms. The van der Waals surface area contributed by atoms with E-state index in [4.69, 9.17) is 9.47 Å². The monoisotopic (exact) mass is 250 g/mol. The summed E-state index contributed by atoms with van der Waals surface area (Å²) in [5.41, 5.74) is 0.946. The van der Waals surface area contributed by atoms with Crippen LogP contribution >= 0.6 is 0 Å². The number of methoxy groups -OCH3 is 2. The van der Waals surface area contributed by atoms with Gasteiger partial charge in [-0.2, -0.15) is 10.1 Å². The second kappa shape index (κ2) is 5.01. The van der Waals surface area contributed by atoms with Gasteiger partial charge in [0, 0.05) is 18.8 Å². The van der Waals surface area contributed by atoms with Crippen LogP contribution < -0.4 is 9.47 Å². The van der Waals surface area contributed by atoms with Crippen molar-refractivity contribution in [3.63, 3.8) is 0 Å². The molecule has 0 spiro atoms. The average molecular weight is 250 g/mol. The molecular weight excluding hydrogens is 236 g/mol. The van der Waals surface area contributed by atoms with Crippen LogP contribution in [0.2, 0.25) is 0 Å². The lowest BCUT2D eigenvalue weighted by Gasteiger charge is -2.12. The van der Waals surface area contributed by atoms with Crippen LogP contribution in [0, 0.1) is 0 Å². The molecule has 1 N–H and O–H groups in total. The van der Waals surface area contributed by atoms with Gasteiger partial charge in [-0.15, -0.1) is 0 Å². The first kappa shape index (κ1) is 12.3. The lowest BCUT2D eigenvalue weighted by atomic mass is 10.1. The molecule has 0 aliphatic carbocycles. The molecule has 0 radical (unpaired) electrons. The third-order valence-corrected chi connectivity index (χ3v) is 2.45. The van der Waals surface area contributed by atoms with Gasteiger partial charge in [0.15, 0.2) is 0 Å². The molecule has 7 nitrogen and oxygen atoms in total. The summed E-state index contributed by atoms with van der Waals surface area (Å²) in [5.74, 6) is 0.555. The fourth-order valence-corrected chi connectivity index (χ4v) is 1.54. The second-order valence-corrected chi connectivity index (χ2v) is 3.66. The maximum atomic E-state index is 10.2. The quantitative estimate of drug-likeness (QED) is 0.841. The van der Waals surface area contributed by atoms with E-state index in [1.54, 1.807) is 24.1 Å². The summed E-state index contributed by atoms with van der Waals surface area (Å²) in [6.07, 6.45) is 3.76. The van der Waals surface area contributed by atoms with Crippen molar-refractivity contribution in [2.75, 3.05) is 14.2 Å². The van der Waals surface area contributed by atoms with Crippen LogP contribution in [0.15, 0.2) is 18.6 Å². The van der Waals surface area contributed by atoms with E-state index in [2.05, 4.69) is 15.1 Å². The number of aliphatic hydroxyl groups is 1. The molecule has 1 unspecified atom stereocenters. The third kappa shape index (κ3) is 2.25. The highest BCUT2D eigenvalue weighted by Gasteiger charge is 2.20. The van der Waals surface area contributed by atoms with Crippen molar-refractivity contribution >= 4 is 0 Å². The summed E-state index contributed by atoms with van der Waals surface area (Å²) in [5, 5.41) is 14.2. The second-order valence-electron chi connectivity index (χ2n) is 3.66. The predicted octanol–water partition coefficient (Wildman–Crippen LogP) is 0.309. The van der Waals surface area contributed by atoms with Crippen molar-refractivity contribution in [2.45, 2.75) is 6.10 Å². The number of nitrogens with zero attached hydrogens (tertiary/aromatic N) is 4. The Balaban J connectivity index is 2.38. The fraction of sp³-hybridized carbons (Fsp3) is 0.364. The number of rotatable bonds is 4. The first-order valence-corrected chi connectivity index (χ1v) is 5.27. The normalized spacial score (nSPS) is 12.2. The molecule has 0 saturated carbocycles. The molecule has 2 heterocycles. The zero-order valence-electron chi connectivity index (χ0n) is 10.4. The van der Waals surface area contributed by atoms with Crippen LogP contribution in [0.5, 0.6) is 11.8 Å². The first-order chi connectivity index (χ1) is 8.65. The van der Waals surface area contributed by atoms with Gasteiger partial charge < -0.3 is 14.6 Å². The molecule has 0 saturated heterocycles. The Morgan fingerprint density at radius 1 is 1.28 bits per heavy atom. The molecule has 0 bridgehead atoms. The number of aryl methyl sites for hydroxylation is 1. The van der Waals surface area contributed by atoms with E-state index in [-0.39, 0.29) is 5.88 Å². The summed E-state index contributed by atoms with van der Waals surface area (Å²) < 4.78 is 11.6. The maximum absolute atomic E-state index is 10.2. The maximum Gasteiger partial charge on any atom is 0.241 e. The minimum absolute atomic E-state index is 0.228. The summed E-state index contributed by atoms with van der Waals surface area (Å²) in [6, 6.07) is 0. The van der Waals surface area contributed by atoms with Crippen LogP contribution in [0.1, 0.15) is 17.4 Å². The van der Waals surface area contributed by atoms with Gasteiger partial charge in [0.05, 0.1) is 26.6 Å². The van der Waals surface area contributed by atoms with Crippen molar-refractivity contribution in [3.8, 4) is 11.8 Å². The van der Waals surface area contributed by atoms with Crippen LogP contribution in [0.25, 0.3) is 0 Å². The first-order valence-electron chi connectivity index (χ1n) is 5.27. The fourth-order valence-electron chi connectivity index (χ4n) is 1.54. The minimum atomic E-state index is -0.938. The zero-order valence-corrected chi connectivity index (χ0v) is 10.4. The average Bonchev–Trinajstić information content (AvgIpc) is 2.83. The summed E-state index contributed by atoms with van der Waals surface area (Å²) in [4.78, 5) is 8.18. The molecule has 7 heteroatoms. The van der Waals surface area contributed by atoms with Crippen LogP contribution in [-0.2, 0) is 7.05 Å². The number of hydrogen-bond acceptors (Lipinski definition) is 6. The molecule has 2 aromatic rings. The van der Waals surface area contributed by atoms with Gasteiger partial charge in [-0.25, -0.2) is 4.98 Å². The predicted molar refractivity (Wildman–Crippen MR) is 62.4 cm³/mol. The Bertz CT molecular complexity index is 541. The van der Waals surface area contributed by atoms with Crippen molar-refractivity contribution in [1.29, 1.82) is 0 Å². The SMILES string of the molecule is COc1cnc(C(O)c2cnn(C)c2)c(OC)n1. The lowest BCUT2D eigenvalue weighted by Crippen LogP contribution is -2.06. The highest BCUT2D eigenvalue weighted by atomic mass is 16.5. The molecule has 1 atom stereocenters. The standard InChI is InChI=1S/C11H14N4O3/c1-15-6-7(4-13-15)10(16)9-11(18-3)14-8(17-2)5-12-9/h4-6,10,16H,1-3H3.